The minimum Gasteiger partial charge on any atom is -0.402 e. The number of hydrogen-bond donors (Lipinski definition) is 0. The van der Waals surface area contributed by atoms with Crippen LogP contribution >= 0.6 is 11.6 Å². The third kappa shape index (κ3) is 4.42. The monoisotopic (exact) mass is 439 g/mol. The highest BCUT2D eigenvalue weighted by Crippen LogP contribution is 2.23. The van der Waals surface area contributed by atoms with Crippen LogP contribution in [0.5, 0.6) is 5.75 Å². The molecule has 8 heteroatoms. The first-order valence-electron chi connectivity index (χ1n) is 8.79. The van der Waals surface area contributed by atoms with E-state index in [0.717, 1.165) is 0 Å². The second-order valence-corrected chi connectivity index (χ2v) is 8.25. The molecular formula is C22H14ClNO5S. The summed E-state index contributed by atoms with van der Waals surface area (Å²) in [6, 6.07) is 20.9. The summed E-state index contributed by atoms with van der Waals surface area (Å²) >= 11 is 5.96. The van der Waals surface area contributed by atoms with Crippen molar-refractivity contribution < 1.29 is 22.1 Å². The Morgan fingerprint density at radius 3 is 2.37 bits per heavy atom. The molecule has 0 atom stereocenters. The molecule has 0 N–H and O–H groups in total. The largest absolute Gasteiger partial charge is 0.402 e. The predicted octanol–water partition coefficient (Wildman–Crippen LogP) is 4.45. The molecule has 0 spiro atoms. The number of rotatable bonds is 5. The zero-order valence-electron chi connectivity index (χ0n) is 15.4. The van der Waals surface area contributed by atoms with Crippen molar-refractivity contribution in [2.45, 2.75) is 4.90 Å². The Morgan fingerprint density at radius 2 is 1.67 bits per heavy atom. The molecule has 1 heterocycles. The lowest BCUT2D eigenvalue weighted by Gasteiger charge is -2.07. The molecule has 150 valence electrons. The number of aliphatic imine (C=N–C) groups is 1. The number of carbonyl (C=O) groups excluding carboxylic acids is 1. The lowest BCUT2D eigenvalue weighted by atomic mass is 10.2. The van der Waals surface area contributed by atoms with Crippen LogP contribution in [0.3, 0.4) is 0 Å². The molecule has 6 nitrogen and oxygen atoms in total. The maximum Gasteiger partial charge on any atom is 0.363 e. The summed E-state index contributed by atoms with van der Waals surface area (Å²) in [5.41, 5.74) is 1.34. The van der Waals surface area contributed by atoms with E-state index in [9.17, 15) is 13.2 Å². The Balaban J connectivity index is 1.53. The second-order valence-electron chi connectivity index (χ2n) is 6.27. The van der Waals surface area contributed by atoms with Crippen LogP contribution < -0.4 is 4.18 Å². The van der Waals surface area contributed by atoms with Gasteiger partial charge in [-0.2, -0.15) is 8.42 Å². The normalized spacial score (nSPS) is 15.0. The smallest absolute Gasteiger partial charge is 0.363 e. The number of esters is 1. The fraction of sp³-hybridized carbons (Fsp3) is 0. The molecule has 4 rings (SSSR count). The molecule has 3 aromatic carbocycles. The van der Waals surface area contributed by atoms with Crippen molar-refractivity contribution in [3.8, 4) is 5.75 Å². The first-order valence-corrected chi connectivity index (χ1v) is 10.6. The van der Waals surface area contributed by atoms with E-state index in [1.165, 1.54) is 30.3 Å². The van der Waals surface area contributed by atoms with E-state index in [0.29, 0.717) is 16.1 Å². The van der Waals surface area contributed by atoms with Crippen molar-refractivity contribution >= 4 is 39.7 Å². The second kappa shape index (κ2) is 8.14. The zero-order chi connectivity index (χ0) is 21.1. The van der Waals surface area contributed by atoms with E-state index in [-0.39, 0.29) is 22.2 Å². The van der Waals surface area contributed by atoms with Gasteiger partial charge in [-0.25, -0.2) is 9.79 Å². The number of benzene rings is 3. The minimum absolute atomic E-state index is 0.0628. The van der Waals surface area contributed by atoms with E-state index in [1.54, 1.807) is 54.6 Å². The van der Waals surface area contributed by atoms with Gasteiger partial charge in [-0.15, -0.1) is 0 Å². The average molecular weight is 440 g/mol. The van der Waals surface area contributed by atoms with Crippen LogP contribution in [0.15, 0.2) is 94.4 Å². The van der Waals surface area contributed by atoms with Gasteiger partial charge < -0.3 is 8.92 Å². The van der Waals surface area contributed by atoms with E-state index in [2.05, 4.69) is 4.99 Å². The molecule has 0 saturated heterocycles. The number of hydrogen-bond acceptors (Lipinski definition) is 6. The van der Waals surface area contributed by atoms with E-state index >= 15 is 0 Å². The molecule has 3 aromatic rings. The summed E-state index contributed by atoms with van der Waals surface area (Å²) < 4.78 is 34.9. The molecule has 0 unspecified atom stereocenters. The standard InChI is InChI=1S/C22H14ClNO5S/c23-17-6-4-5-16(14-17)21-24-20(22(25)28-21)13-15-9-11-18(12-10-15)29-30(26,27)19-7-2-1-3-8-19/h1-14H. The number of halogens is 1. The van der Waals surface area contributed by atoms with Gasteiger partial charge in [0.1, 0.15) is 10.6 Å². The van der Waals surface area contributed by atoms with Crippen molar-refractivity contribution in [1.82, 2.24) is 0 Å². The SMILES string of the molecule is O=C1OC(c2cccc(Cl)c2)=NC1=Cc1ccc(OS(=O)(=O)c2ccccc2)cc1. The predicted molar refractivity (Wildman–Crippen MR) is 113 cm³/mol. The third-order valence-corrected chi connectivity index (χ3v) is 5.61. The van der Waals surface area contributed by atoms with Crippen LogP contribution in [0, 0.1) is 0 Å². The van der Waals surface area contributed by atoms with Crippen molar-refractivity contribution in [3.63, 3.8) is 0 Å². The summed E-state index contributed by atoms with van der Waals surface area (Å²) in [5, 5.41) is 0.504. The summed E-state index contributed by atoms with van der Waals surface area (Å²) in [7, 11) is -3.92. The number of ether oxygens (including phenoxy) is 1. The molecule has 0 saturated carbocycles. The Labute approximate surface area is 178 Å². The van der Waals surface area contributed by atoms with Gasteiger partial charge in [-0.05, 0) is 54.1 Å². The van der Waals surface area contributed by atoms with E-state index < -0.39 is 16.1 Å². The molecular weight excluding hydrogens is 426 g/mol. The molecule has 0 aliphatic carbocycles. The highest BCUT2D eigenvalue weighted by molar-refractivity contribution is 7.87. The van der Waals surface area contributed by atoms with Crippen LogP contribution in [0.1, 0.15) is 11.1 Å². The van der Waals surface area contributed by atoms with Gasteiger partial charge in [0.15, 0.2) is 5.70 Å². The third-order valence-electron chi connectivity index (χ3n) is 4.11. The van der Waals surface area contributed by atoms with Crippen molar-refractivity contribution in [2.75, 3.05) is 0 Å². The van der Waals surface area contributed by atoms with Gasteiger partial charge in [0, 0.05) is 10.6 Å². The lowest BCUT2D eigenvalue weighted by Crippen LogP contribution is -2.09. The highest BCUT2D eigenvalue weighted by atomic mass is 35.5. The Hall–Kier alpha value is -3.42. The van der Waals surface area contributed by atoms with Gasteiger partial charge in [0.05, 0.1) is 0 Å². The average Bonchev–Trinajstić information content (AvgIpc) is 3.10. The van der Waals surface area contributed by atoms with E-state index in [4.69, 9.17) is 20.5 Å². The fourth-order valence-electron chi connectivity index (χ4n) is 2.69. The molecule has 0 bridgehead atoms. The number of carbonyl (C=O) groups is 1. The molecule has 1 aliphatic rings. The molecule has 0 amide bonds. The molecule has 1 aliphatic heterocycles. The van der Waals surface area contributed by atoms with Gasteiger partial charge in [0.2, 0.25) is 5.90 Å². The zero-order valence-corrected chi connectivity index (χ0v) is 16.9. The van der Waals surface area contributed by atoms with Gasteiger partial charge >= 0.3 is 16.1 Å². The van der Waals surface area contributed by atoms with Crippen LogP contribution in [0.4, 0.5) is 0 Å². The first kappa shape index (κ1) is 19.9. The maximum absolute atomic E-state index is 12.3. The summed E-state index contributed by atoms with van der Waals surface area (Å²) in [5.74, 6) is -0.266. The quantitative estimate of drug-likeness (QED) is 0.333. The van der Waals surface area contributed by atoms with Crippen molar-refractivity contribution in [2.24, 2.45) is 4.99 Å². The number of cyclic esters (lactones) is 1. The molecule has 30 heavy (non-hydrogen) atoms. The van der Waals surface area contributed by atoms with E-state index in [1.807, 2.05) is 0 Å². The topological polar surface area (TPSA) is 82.0 Å². The van der Waals surface area contributed by atoms with Crippen LogP contribution in [-0.2, 0) is 19.6 Å². The van der Waals surface area contributed by atoms with Gasteiger partial charge in [-0.1, -0.05) is 48.0 Å². The Morgan fingerprint density at radius 1 is 0.933 bits per heavy atom. The summed E-state index contributed by atoms with van der Waals surface area (Å²) in [6.45, 7) is 0. The summed E-state index contributed by atoms with van der Waals surface area (Å²) in [4.78, 5) is 16.4. The van der Waals surface area contributed by atoms with Gasteiger partial charge in [-0.3, -0.25) is 0 Å². The number of nitrogens with zero attached hydrogens (tertiary/aromatic N) is 1. The molecule has 0 aromatic heterocycles. The molecule has 0 fully saturated rings. The summed E-state index contributed by atoms with van der Waals surface area (Å²) in [6.07, 6.45) is 1.54. The minimum atomic E-state index is -3.92. The first-order chi connectivity index (χ1) is 14.4. The molecule has 0 radical (unpaired) electrons. The van der Waals surface area contributed by atoms with Crippen molar-refractivity contribution in [1.29, 1.82) is 0 Å². The fourth-order valence-corrected chi connectivity index (χ4v) is 3.84. The lowest BCUT2D eigenvalue weighted by molar-refractivity contribution is -0.129. The Kier molecular flexibility index (Phi) is 5.39. The maximum atomic E-state index is 12.3. The van der Waals surface area contributed by atoms with Crippen LogP contribution in [0.25, 0.3) is 6.08 Å². The van der Waals surface area contributed by atoms with Gasteiger partial charge in [0.25, 0.3) is 0 Å². The van der Waals surface area contributed by atoms with Crippen molar-refractivity contribution in [3.05, 3.63) is 101 Å². The van der Waals surface area contributed by atoms with Crippen LogP contribution in [-0.4, -0.2) is 20.3 Å². The Bertz CT molecular complexity index is 1270. The van der Waals surface area contributed by atoms with Crippen LogP contribution in [0.2, 0.25) is 5.02 Å². The highest BCUT2D eigenvalue weighted by Gasteiger charge is 2.24.